The summed E-state index contributed by atoms with van der Waals surface area (Å²) in [7, 11) is 0. The first-order valence-corrected chi connectivity index (χ1v) is 8.99. The Morgan fingerprint density at radius 1 is 1.21 bits per heavy atom. The van der Waals surface area contributed by atoms with E-state index >= 15 is 0 Å². The van der Waals surface area contributed by atoms with Crippen LogP contribution in [0.5, 0.6) is 5.75 Å². The molecule has 1 aliphatic heterocycles. The van der Waals surface area contributed by atoms with Gasteiger partial charge in [-0.15, -0.1) is 0 Å². The second-order valence-corrected chi connectivity index (χ2v) is 7.25. The minimum Gasteiger partial charge on any atom is -0.491 e. The quantitative estimate of drug-likeness (QED) is 0.754. The van der Waals surface area contributed by atoms with Gasteiger partial charge in [-0.25, -0.2) is 0 Å². The van der Waals surface area contributed by atoms with E-state index in [4.69, 9.17) is 9.26 Å². The monoisotopic (exact) mass is 328 g/mol. The lowest BCUT2D eigenvalue weighted by Gasteiger charge is -2.22. The Labute approximate surface area is 144 Å². The molecule has 0 radical (unpaired) electrons. The third-order valence-corrected chi connectivity index (χ3v) is 4.51. The topological polar surface area (TPSA) is 38.5 Å². The standard InChI is InChI=1S/C20H28N2O2/c1-14(2)18-12-20(24-21-18)19-6-5-11-22(19)13-16-7-9-17(10-8-16)23-15(3)4/h7-10,12,14-15,19H,5-6,11,13H2,1-4H3/t19-/m0/s1. The molecule has 0 N–H and O–H groups in total. The summed E-state index contributed by atoms with van der Waals surface area (Å²) in [5.74, 6) is 2.35. The zero-order valence-corrected chi connectivity index (χ0v) is 15.2. The van der Waals surface area contributed by atoms with Crippen LogP contribution < -0.4 is 4.74 Å². The van der Waals surface area contributed by atoms with Gasteiger partial charge in [-0.05, 0) is 56.8 Å². The van der Waals surface area contributed by atoms with E-state index in [1.807, 2.05) is 13.8 Å². The van der Waals surface area contributed by atoms with Gasteiger partial charge in [0.1, 0.15) is 5.75 Å². The lowest BCUT2D eigenvalue weighted by atomic mass is 10.1. The number of ether oxygens (including phenoxy) is 1. The Kier molecular flexibility index (Phi) is 5.24. The maximum absolute atomic E-state index is 5.72. The minimum absolute atomic E-state index is 0.209. The predicted molar refractivity (Wildman–Crippen MR) is 95.2 cm³/mol. The number of nitrogens with zero attached hydrogens (tertiary/aromatic N) is 2. The van der Waals surface area contributed by atoms with Gasteiger partial charge in [-0.3, -0.25) is 4.90 Å². The molecule has 3 rings (SSSR count). The maximum Gasteiger partial charge on any atom is 0.154 e. The molecule has 130 valence electrons. The number of aromatic nitrogens is 1. The molecule has 1 aliphatic rings. The fraction of sp³-hybridized carbons (Fsp3) is 0.550. The van der Waals surface area contributed by atoms with Crippen molar-refractivity contribution in [1.29, 1.82) is 0 Å². The van der Waals surface area contributed by atoms with Crippen LogP contribution in [0.15, 0.2) is 34.9 Å². The second-order valence-electron chi connectivity index (χ2n) is 7.25. The minimum atomic E-state index is 0.209. The molecule has 1 saturated heterocycles. The molecule has 0 bridgehead atoms. The van der Waals surface area contributed by atoms with Crippen LogP contribution in [0.3, 0.4) is 0 Å². The van der Waals surface area contributed by atoms with Crippen molar-refractivity contribution in [1.82, 2.24) is 10.1 Å². The van der Waals surface area contributed by atoms with Crippen molar-refractivity contribution in [2.45, 2.75) is 65.1 Å². The molecule has 1 atom stereocenters. The van der Waals surface area contributed by atoms with Crippen molar-refractivity contribution in [3.05, 3.63) is 47.3 Å². The summed E-state index contributed by atoms with van der Waals surface area (Å²) in [6.07, 6.45) is 2.55. The lowest BCUT2D eigenvalue weighted by molar-refractivity contribution is 0.206. The molecule has 0 aliphatic carbocycles. The van der Waals surface area contributed by atoms with Crippen LogP contribution in [-0.4, -0.2) is 22.7 Å². The predicted octanol–water partition coefficient (Wildman–Crippen LogP) is 4.92. The van der Waals surface area contributed by atoms with Crippen molar-refractivity contribution >= 4 is 0 Å². The summed E-state index contributed by atoms with van der Waals surface area (Å²) in [4.78, 5) is 2.49. The fourth-order valence-electron chi connectivity index (χ4n) is 3.25. The van der Waals surface area contributed by atoms with Crippen LogP contribution >= 0.6 is 0 Å². The van der Waals surface area contributed by atoms with Crippen LogP contribution in [0, 0.1) is 0 Å². The van der Waals surface area contributed by atoms with E-state index < -0.39 is 0 Å². The Morgan fingerprint density at radius 3 is 2.58 bits per heavy atom. The first-order chi connectivity index (χ1) is 11.5. The molecule has 1 fully saturated rings. The lowest BCUT2D eigenvalue weighted by Crippen LogP contribution is -2.22. The van der Waals surface area contributed by atoms with Gasteiger partial charge < -0.3 is 9.26 Å². The first kappa shape index (κ1) is 17.0. The SMILES string of the molecule is CC(C)Oc1ccc(CN2CCC[C@H]2c2cc(C(C)C)no2)cc1. The van der Waals surface area contributed by atoms with Crippen LogP contribution in [0.1, 0.15) is 69.5 Å². The fourth-order valence-corrected chi connectivity index (χ4v) is 3.25. The van der Waals surface area contributed by atoms with Crippen LogP contribution in [-0.2, 0) is 6.54 Å². The third-order valence-electron chi connectivity index (χ3n) is 4.51. The van der Waals surface area contributed by atoms with Crippen LogP contribution in [0.2, 0.25) is 0 Å². The smallest absolute Gasteiger partial charge is 0.154 e. The highest BCUT2D eigenvalue weighted by Crippen LogP contribution is 2.34. The molecule has 4 heteroatoms. The van der Waals surface area contributed by atoms with E-state index in [2.05, 4.69) is 54.2 Å². The molecule has 2 aromatic rings. The average Bonchev–Trinajstić information content (AvgIpc) is 3.17. The van der Waals surface area contributed by atoms with E-state index in [1.54, 1.807) is 0 Å². The molecular formula is C20H28N2O2. The van der Waals surface area contributed by atoms with Crippen LogP contribution in [0.25, 0.3) is 0 Å². The van der Waals surface area contributed by atoms with Gasteiger partial charge in [-0.1, -0.05) is 31.1 Å². The van der Waals surface area contributed by atoms with Gasteiger partial charge in [-0.2, -0.15) is 0 Å². The van der Waals surface area contributed by atoms with E-state index in [9.17, 15) is 0 Å². The van der Waals surface area contributed by atoms with Gasteiger partial charge in [0, 0.05) is 12.6 Å². The number of benzene rings is 1. The molecule has 0 amide bonds. The molecule has 4 nitrogen and oxygen atoms in total. The molecule has 2 heterocycles. The van der Waals surface area contributed by atoms with Gasteiger partial charge in [0.25, 0.3) is 0 Å². The Hall–Kier alpha value is -1.81. The van der Waals surface area contributed by atoms with E-state index in [0.29, 0.717) is 12.0 Å². The molecule has 1 aromatic carbocycles. The zero-order chi connectivity index (χ0) is 17.1. The highest BCUT2D eigenvalue weighted by atomic mass is 16.5. The normalized spacial score (nSPS) is 18.7. The summed E-state index contributed by atoms with van der Waals surface area (Å²) in [5, 5.41) is 4.22. The van der Waals surface area contributed by atoms with Crippen LogP contribution in [0.4, 0.5) is 0 Å². The third kappa shape index (κ3) is 3.99. The van der Waals surface area contributed by atoms with Crippen molar-refractivity contribution < 1.29 is 9.26 Å². The summed E-state index contributed by atoms with van der Waals surface area (Å²) in [5.41, 5.74) is 2.36. The maximum atomic E-state index is 5.72. The number of rotatable bonds is 6. The summed E-state index contributed by atoms with van der Waals surface area (Å²) in [6, 6.07) is 10.9. The van der Waals surface area contributed by atoms with Gasteiger partial charge in [0.2, 0.25) is 0 Å². The van der Waals surface area contributed by atoms with Crippen molar-refractivity contribution in [3.8, 4) is 5.75 Å². The van der Waals surface area contributed by atoms with Crippen molar-refractivity contribution in [2.24, 2.45) is 0 Å². The largest absolute Gasteiger partial charge is 0.491 e. The van der Waals surface area contributed by atoms with Gasteiger partial charge in [0.05, 0.1) is 17.8 Å². The first-order valence-electron chi connectivity index (χ1n) is 8.99. The Morgan fingerprint density at radius 2 is 1.96 bits per heavy atom. The highest BCUT2D eigenvalue weighted by Gasteiger charge is 2.29. The van der Waals surface area contributed by atoms with Gasteiger partial charge in [0.15, 0.2) is 5.76 Å². The molecule has 0 spiro atoms. The summed E-state index contributed by atoms with van der Waals surface area (Å²) < 4.78 is 11.3. The van der Waals surface area contributed by atoms with Crippen molar-refractivity contribution in [3.63, 3.8) is 0 Å². The number of hydrogen-bond donors (Lipinski definition) is 0. The molecule has 0 saturated carbocycles. The van der Waals surface area contributed by atoms with E-state index in [0.717, 1.165) is 36.7 Å². The highest BCUT2D eigenvalue weighted by molar-refractivity contribution is 5.27. The number of hydrogen-bond acceptors (Lipinski definition) is 4. The molecular weight excluding hydrogens is 300 g/mol. The molecule has 24 heavy (non-hydrogen) atoms. The molecule has 0 unspecified atom stereocenters. The van der Waals surface area contributed by atoms with E-state index in [-0.39, 0.29) is 6.10 Å². The average molecular weight is 328 g/mol. The Balaban J connectivity index is 1.67. The summed E-state index contributed by atoms with van der Waals surface area (Å²) in [6.45, 7) is 10.4. The van der Waals surface area contributed by atoms with Gasteiger partial charge >= 0.3 is 0 Å². The zero-order valence-electron chi connectivity index (χ0n) is 15.2. The Bertz CT molecular complexity index is 646. The van der Waals surface area contributed by atoms with E-state index in [1.165, 1.54) is 12.0 Å². The van der Waals surface area contributed by atoms with Crippen molar-refractivity contribution in [2.75, 3.05) is 6.54 Å². The second kappa shape index (κ2) is 7.39. The summed E-state index contributed by atoms with van der Waals surface area (Å²) >= 11 is 0. The number of likely N-dealkylation sites (tertiary alicyclic amines) is 1. The molecule has 1 aromatic heterocycles.